The molecule has 21 heavy (non-hydrogen) atoms. The zero-order valence-corrected chi connectivity index (χ0v) is 13.4. The highest BCUT2D eigenvalue weighted by molar-refractivity contribution is 5.19. The number of nitrogens with one attached hydrogen (secondary N) is 1. The van der Waals surface area contributed by atoms with Crippen LogP contribution in [0.5, 0.6) is 0 Å². The van der Waals surface area contributed by atoms with Crippen molar-refractivity contribution in [2.24, 2.45) is 0 Å². The minimum Gasteiger partial charge on any atom is -0.314 e. The molecule has 1 rings (SSSR count). The Morgan fingerprint density at radius 2 is 1.57 bits per heavy atom. The third-order valence-electron chi connectivity index (χ3n) is 3.74. The quantitative estimate of drug-likeness (QED) is 0.551. The van der Waals surface area contributed by atoms with Crippen LogP contribution < -0.4 is 5.32 Å². The Morgan fingerprint density at radius 3 is 2.19 bits per heavy atom. The summed E-state index contributed by atoms with van der Waals surface area (Å²) in [6.07, 6.45) is 9.09. The molecular weight excluding hydrogens is 268 g/mol. The number of unbranched alkanes of at least 4 members (excludes halogenated alkanes) is 4. The zero-order valence-electron chi connectivity index (χ0n) is 13.4. The van der Waals surface area contributed by atoms with Gasteiger partial charge in [0, 0.05) is 12.1 Å². The van der Waals surface area contributed by atoms with Crippen molar-refractivity contribution in [2.45, 2.75) is 71.3 Å². The van der Waals surface area contributed by atoms with Crippen LogP contribution in [-0.2, 0) is 6.42 Å². The normalized spacial score (nSPS) is 12.6. The van der Waals surface area contributed by atoms with Crippen LogP contribution in [-0.4, -0.2) is 12.6 Å². The standard InChI is InChI=1S/C18H29F2N/c1-3-5-6-7-8-9-18(21-10-4-2)13-15-11-16(19)14-17(20)12-15/h11-12,14,18,21H,3-10,13H2,1-2H3. The van der Waals surface area contributed by atoms with Gasteiger partial charge in [-0.05, 0) is 43.5 Å². The molecule has 3 heteroatoms. The number of hydrogen-bond acceptors (Lipinski definition) is 1. The van der Waals surface area contributed by atoms with Gasteiger partial charge in [0.15, 0.2) is 0 Å². The van der Waals surface area contributed by atoms with Gasteiger partial charge in [-0.3, -0.25) is 0 Å². The summed E-state index contributed by atoms with van der Waals surface area (Å²) in [5, 5.41) is 3.50. The van der Waals surface area contributed by atoms with Gasteiger partial charge in [-0.25, -0.2) is 8.78 Å². The second kappa shape index (κ2) is 10.7. The fourth-order valence-corrected chi connectivity index (χ4v) is 2.63. The van der Waals surface area contributed by atoms with Gasteiger partial charge in [-0.15, -0.1) is 0 Å². The van der Waals surface area contributed by atoms with Crippen LogP contribution in [0.25, 0.3) is 0 Å². The maximum Gasteiger partial charge on any atom is 0.126 e. The topological polar surface area (TPSA) is 12.0 Å². The van der Waals surface area contributed by atoms with Crippen LogP contribution in [0.2, 0.25) is 0 Å². The number of hydrogen-bond donors (Lipinski definition) is 1. The molecule has 1 unspecified atom stereocenters. The Labute approximate surface area is 128 Å². The lowest BCUT2D eigenvalue weighted by Gasteiger charge is -2.19. The molecule has 0 aliphatic rings. The van der Waals surface area contributed by atoms with Crippen molar-refractivity contribution >= 4 is 0 Å². The molecule has 1 nitrogen and oxygen atoms in total. The van der Waals surface area contributed by atoms with Crippen molar-refractivity contribution in [3.63, 3.8) is 0 Å². The lowest BCUT2D eigenvalue weighted by atomic mass is 9.99. The molecule has 120 valence electrons. The van der Waals surface area contributed by atoms with Gasteiger partial charge in [0.2, 0.25) is 0 Å². The molecule has 1 aromatic rings. The summed E-state index contributed by atoms with van der Waals surface area (Å²) in [6, 6.07) is 4.14. The molecule has 0 aromatic heterocycles. The zero-order chi connectivity index (χ0) is 15.5. The van der Waals surface area contributed by atoms with Gasteiger partial charge >= 0.3 is 0 Å². The van der Waals surface area contributed by atoms with E-state index in [1.165, 1.54) is 44.2 Å². The van der Waals surface area contributed by atoms with E-state index in [9.17, 15) is 8.78 Å². The van der Waals surface area contributed by atoms with Crippen LogP contribution in [0.4, 0.5) is 8.78 Å². The highest BCUT2D eigenvalue weighted by atomic mass is 19.1. The third kappa shape index (κ3) is 8.15. The molecule has 0 amide bonds. The molecule has 0 heterocycles. The Morgan fingerprint density at radius 1 is 0.905 bits per heavy atom. The maximum atomic E-state index is 13.3. The molecule has 1 atom stereocenters. The lowest BCUT2D eigenvalue weighted by Crippen LogP contribution is -2.31. The number of rotatable bonds is 11. The highest BCUT2D eigenvalue weighted by Crippen LogP contribution is 2.14. The first-order chi connectivity index (χ1) is 10.2. The first-order valence-corrected chi connectivity index (χ1v) is 8.34. The van der Waals surface area contributed by atoms with Crippen molar-refractivity contribution < 1.29 is 8.78 Å². The van der Waals surface area contributed by atoms with E-state index in [0.29, 0.717) is 12.5 Å². The number of benzene rings is 1. The van der Waals surface area contributed by atoms with Crippen LogP contribution in [0.1, 0.15) is 64.4 Å². The van der Waals surface area contributed by atoms with Crippen LogP contribution in [0.15, 0.2) is 18.2 Å². The van der Waals surface area contributed by atoms with Gasteiger partial charge in [-0.2, -0.15) is 0 Å². The predicted molar refractivity (Wildman–Crippen MR) is 85.5 cm³/mol. The monoisotopic (exact) mass is 297 g/mol. The van der Waals surface area contributed by atoms with Crippen LogP contribution >= 0.6 is 0 Å². The Balaban J connectivity index is 2.47. The van der Waals surface area contributed by atoms with E-state index in [4.69, 9.17) is 0 Å². The molecule has 1 N–H and O–H groups in total. The third-order valence-corrected chi connectivity index (χ3v) is 3.74. The van der Waals surface area contributed by atoms with Gasteiger partial charge in [0.25, 0.3) is 0 Å². The summed E-state index contributed by atoms with van der Waals surface area (Å²) in [7, 11) is 0. The lowest BCUT2D eigenvalue weighted by molar-refractivity contribution is 0.449. The van der Waals surface area contributed by atoms with Gasteiger partial charge in [0.05, 0.1) is 0 Å². The first-order valence-electron chi connectivity index (χ1n) is 8.34. The van der Waals surface area contributed by atoms with E-state index in [-0.39, 0.29) is 0 Å². The molecule has 0 saturated heterocycles. The molecule has 0 radical (unpaired) electrons. The van der Waals surface area contributed by atoms with Crippen molar-refractivity contribution in [3.8, 4) is 0 Å². The summed E-state index contributed by atoms with van der Waals surface area (Å²) in [6.45, 7) is 5.30. The molecule has 0 aliphatic carbocycles. The van der Waals surface area contributed by atoms with Crippen LogP contribution in [0, 0.1) is 11.6 Å². The van der Waals surface area contributed by atoms with Crippen molar-refractivity contribution in [2.75, 3.05) is 6.54 Å². The van der Waals surface area contributed by atoms with E-state index in [0.717, 1.165) is 31.0 Å². The van der Waals surface area contributed by atoms with E-state index < -0.39 is 11.6 Å². The number of halogens is 2. The largest absolute Gasteiger partial charge is 0.314 e. The van der Waals surface area contributed by atoms with Gasteiger partial charge < -0.3 is 5.32 Å². The van der Waals surface area contributed by atoms with Crippen molar-refractivity contribution in [3.05, 3.63) is 35.4 Å². The van der Waals surface area contributed by atoms with Gasteiger partial charge in [-0.1, -0.05) is 46.0 Å². The summed E-state index contributed by atoms with van der Waals surface area (Å²) in [5.41, 5.74) is 0.745. The molecule has 0 fully saturated rings. The van der Waals surface area contributed by atoms with Crippen LogP contribution in [0.3, 0.4) is 0 Å². The average molecular weight is 297 g/mol. The molecular formula is C18H29F2N. The Bertz CT molecular complexity index is 373. The van der Waals surface area contributed by atoms with E-state index in [2.05, 4.69) is 19.2 Å². The molecule has 0 saturated carbocycles. The fraction of sp³-hybridized carbons (Fsp3) is 0.667. The smallest absolute Gasteiger partial charge is 0.126 e. The summed E-state index contributed by atoms with van der Waals surface area (Å²) >= 11 is 0. The summed E-state index contributed by atoms with van der Waals surface area (Å²) < 4.78 is 26.5. The SMILES string of the molecule is CCCCCCCC(Cc1cc(F)cc(F)c1)NCCC. The highest BCUT2D eigenvalue weighted by Gasteiger charge is 2.10. The summed E-state index contributed by atoms with van der Waals surface area (Å²) in [4.78, 5) is 0. The Kier molecular flexibility index (Phi) is 9.24. The molecule has 1 aromatic carbocycles. The van der Waals surface area contributed by atoms with Crippen molar-refractivity contribution in [1.82, 2.24) is 5.32 Å². The van der Waals surface area contributed by atoms with E-state index >= 15 is 0 Å². The van der Waals surface area contributed by atoms with Gasteiger partial charge in [0.1, 0.15) is 11.6 Å². The first kappa shape index (κ1) is 18.1. The molecule has 0 spiro atoms. The Hall–Kier alpha value is -0.960. The summed E-state index contributed by atoms with van der Waals surface area (Å²) in [5.74, 6) is -0.968. The maximum absolute atomic E-state index is 13.3. The molecule has 0 aliphatic heterocycles. The minimum absolute atomic E-state index is 0.313. The van der Waals surface area contributed by atoms with E-state index in [1.54, 1.807) is 0 Å². The average Bonchev–Trinajstić information content (AvgIpc) is 2.43. The van der Waals surface area contributed by atoms with Crippen molar-refractivity contribution in [1.29, 1.82) is 0 Å². The fourth-order valence-electron chi connectivity index (χ4n) is 2.63. The minimum atomic E-state index is -0.484. The predicted octanol–water partition coefficient (Wildman–Crippen LogP) is 5.24. The second-order valence-corrected chi connectivity index (χ2v) is 5.84. The molecule has 0 bridgehead atoms. The van der Waals surface area contributed by atoms with E-state index in [1.807, 2.05) is 0 Å². The second-order valence-electron chi connectivity index (χ2n) is 5.84.